The Morgan fingerprint density at radius 2 is 2.20 bits per heavy atom. The molecule has 0 aliphatic heterocycles. The second kappa shape index (κ2) is 6.52. The van der Waals surface area contributed by atoms with Gasteiger partial charge in [-0.1, -0.05) is 29.1 Å². The van der Waals surface area contributed by atoms with Crippen LogP contribution in [0.4, 0.5) is 0 Å². The summed E-state index contributed by atoms with van der Waals surface area (Å²) in [6, 6.07) is 7.53. The number of hydrogen-bond acceptors (Lipinski definition) is 8. The summed E-state index contributed by atoms with van der Waals surface area (Å²) in [6.07, 6.45) is 3.29. The highest BCUT2D eigenvalue weighted by atomic mass is 32.2. The smallest absolute Gasteiger partial charge is 0.237 e. The van der Waals surface area contributed by atoms with Crippen LogP contribution in [0.25, 0.3) is 22.4 Å². The molecule has 0 aliphatic carbocycles. The van der Waals surface area contributed by atoms with Gasteiger partial charge in [-0.05, 0) is 12.1 Å². The van der Waals surface area contributed by atoms with Gasteiger partial charge in [-0.25, -0.2) is 9.97 Å². The van der Waals surface area contributed by atoms with E-state index in [4.69, 9.17) is 9.26 Å². The Bertz CT molecular complexity index is 1030. The van der Waals surface area contributed by atoms with E-state index in [0.717, 1.165) is 27.4 Å². The summed E-state index contributed by atoms with van der Waals surface area (Å²) >= 11 is 1.51. The zero-order chi connectivity index (χ0) is 17.2. The van der Waals surface area contributed by atoms with E-state index in [1.165, 1.54) is 18.1 Å². The van der Waals surface area contributed by atoms with E-state index < -0.39 is 0 Å². The van der Waals surface area contributed by atoms with E-state index in [1.54, 1.807) is 18.0 Å². The lowest BCUT2D eigenvalue weighted by atomic mass is 10.2. The number of nitrogens with zero attached hydrogens (tertiary/aromatic N) is 6. The molecule has 3 heterocycles. The van der Waals surface area contributed by atoms with Gasteiger partial charge in [0.2, 0.25) is 11.7 Å². The molecule has 1 aromatic carbocycles. The van der Waals surface area contributed by atoms with E-state index in [2.05, 4.69) is 25.2 Å². The molecule has 0 aliphatic rings. The lowest BCUT2D eigenvalue weighted by molar-refractivity contribution is 0.391. The van der Waals surface area contributed by atoms with Crippen molar-refractivity contribution in [2.24, 2.45) is 7.05 Å². The molecule has 0 saturated carbocycles. The Morgan fingerprint density at radius 3 is 3.08 bits per heavy atom. The molecule has 4 rings (SSSR count). The fourth-order valence-corrected chi connectivity index (χ4v) is 3.18. The summed E-state index contributed by atoms with van der Waals surface area (Å²) in [6.45, 7) is 0. The number of fused-ring (bicyclic) bond motifs is 1. The monoisotopic (exact) mass is 354 g/mol. The molecular weight excluding hydrogens is 340 g/mol. The standard InChI is InChI=1S/C16H14N6O2S/c1-22-15-12(7-19-22)16(18-9-17-15)25-8-13-20-14(21-24-13)10-4-3-5-11(6-10)23-2/h3-7,9H,8H2,1-2H3. The summed E-state index contributed by atoms with van der Waals surface area (Å²) in [5.41, 5.74) is 1.64. The van der Waals surface area contributed by atoms with E-state index >= 15 is 0 Å². The maximum absolute atomic E-state index is 5.34. The molecule has 0 fully saturated rings. The summed E-state index contributed by atoms with van der Waals surface area (Å²) in [5.74, 6) is 2.32. The van der Waals surface area contributed by atoms with Crippen LogP contribution in [0.2, 0.25) is 0 Å². The number of aromatic nitrogens is 6. The van der Waals surface area contributed by atoms with Crippen molar-refractivity contribution in [3.63, 3.8) is 0 Å². The largest absolute Gasteiger partial charge is 0.497 e. The van der Waals surface area contributed by atoms with Gasteiger partial charge in [-0.2, -0.15) is 10.1 Å². The SMILES string of the molecule is COc1cccc(-c2noc(CSc3ncnc4c3cnn4C)n2)c1. The van der Waals surface area contributed by atoms with Crippen LogP contribution >= 0.6 is 11.8 Å². The number of ether oxygens (including phenoxy) is 1. The second-order valence-corrected chi connectivity index (χ2v) is 6.18. The van der Waals surface area contributed by atoms with Gasteiger partial charge < -0.3 is 9.26 Å². The van der Waals surface area contributed by atoms with Gasteiger partial charge >= 0.3 is 0 Å². The van der Waals surface area contributed by atoms with Gasteiger partial charge in [0.1, 0.15) is 17.1 Å². The molecule has 0 amide bonds. The third-order valence-corrected chi connectivity index (χ3v) is 4.61. The summed E-state index contributed by atoms with van der Waals surface area (Å²) < 4.78 is 12.3. The average Bonchev–Trinajstić information content (AvgIpc) is 3.28. The van der Waals surface area contributed by atoms with Crippen molar-refractivity contribution >= 4 is 22.8 Å². The lowest BCUT2D eigenvalue weighted by Crippen LogP contribution is -1.93. The molecule has 25 heavy (non-hydrogen) atoms. The molecule has 0 spiro atoms. The molecule has 3 aromatic heterocycles. The van der Waals surface area contributed by atoms with Gasteiger partial charge in [-0.15, -0.1) is 0 Å². The van der Waals surface area contributed by atoms with E-state index in [1.807, 2.05) is 31.3 Å². The zero-order valence-corrected chi connectivity index (χ0v) is 14.4. The van der Waals surface area contributed by atoms with Crippen molar-refractivity contribution < 1.29 is 9.26 Å². The Balaban J connectivity index is 1.53. The fourth-order valence-electron chi connectivity index (χ4n) is 2.38. The van der Waals surface area contributed by atoms with Crippen LogP contribution in [0.1, 0.15) is 5.89 Å². The first kappa shape index (κ1) is 15.6. The number of methoxy groups -OCH3 is 1. The summed E-state index contributed by atoms with van der Waals surface area (Å²) in [4.78, 5) is 13.0. The molecule has 4 aromatic rings. The van der Waals surface area contributed by atoms with Crippen molar-refractivity contribution in [1.82, 2.24) is 29.9 Å². The highest BCUT2D eigenvalue weighted by Crippen LogP contribution is 2.27. The summed E-state index contributed by atoms with van der Waals surface area (Å²) in [7, 11) is 3.47. The van der Waals surface area contributed by atoms with Crippen molar-refractivity contribution in [1.29, 1.82) is 0 Å². The molecule has 9 heteroatoms. The molecule has 126 valence electrons. The molecule has 0 bridgehead atoms. The number of hydrogen-bond donors (Lipinski definition) is 0. The quantitative estimate of drug-likeness (QED) is 0.399. The molecule has 0 saturated heterocycles. The van der Waals surface area contributed by atoms with Crippen LogP contribution in [0, 0.1) is 0 Å². The normalized spacial score (nSPS) is 11.1. The molecule has 0 radical (unpaired) electrons. The zero-order valence-electron chi connectivity index (χ0n) is 13.6. The summed E-state index contributed by atoms with van der Waals surface area (Å²) in [5, 5.41) is 9.98. The van der Waals surface area contributed by atoms with Crippen LogP contribution in [-0.2, 0) is 12.8 Å². The van der Waals surface area contributed by atoms with Crippen molar-refractivity contribution in [2.45, 2.75) is 10.8 Å². The van der Waals surface area contributed by atoms with Crippen LogP contribution in [0.15, 0.2) is 46.3 Å². The molecule has 8 nitrogen and oxygen atoms in total. The number of thioether (sulfide) groups is 1. The number of rotatable bonds is 5. The van der Waals surface area contributed by atoms with Crippen LogP contribution < -0.4 is 4.74 Å². The van der Waals surface area contributed by atoms with Gasteiger partial charge in [0.25, 0.3) is 0 Å². The van der Waals surface area contributed by atoms with Gasteiger partial charge in [0, 0.05) is 12.6 Å². The van der Waals surface area contributed by atoms with E-state index in [0.29, 0.717) is 17.5 Å². The van der Waals surface area contributed by atoms with Crippen LogP contribution in [0.5, 0.6) is 5.75 Å². The maximum Gasteiger partial charge on any atom is 0.237 e. The third kappa shape index (κ3) is 3.05. The van der Waals surface area contributed by atoms with Crippen LogP contribution in [0.3, 0.4) is 0 Å². The highest BCUT2D eigenvalue weighted by Gasteiger charge is 2.13. The van der Waals surface area contributed by atoms with Crippen LogP contribution in [-0.4, -0.2) is 37.0 Å². The predicted octanol–water partition coefficient (Wildman–Crippen LogP) is 2.71. The second-order valence-electron chi connectivity index (χ2n) is 5.22. The first-order valence-electron chi connectivity index (χ1n) is 7.47. The first-order valence-corrected chi connectivity index (χ1v) is 8.45. The average molecular weight is 354 g/mol. The lowest BCUT2D eigenvalue weighted by Gasteiger charge is -2.00. The van der Waals surface area contributed by atoms with Gasteiger partial charge in [-0.3, -0.25) is 4.68 Å². The van der Waals surface area contributed by atoms with Crippen molar-refractivity contribution in [2.75, 3.05) is 7.11 Å². The Labute approximate surface area is 147 Å². The fraction of sp³-hybridized carbons (Fsp3) is 0.188. The molecular formula is C16H14N6O2S. The first-order chi connectivity index (χ1) is 12.2. The maximum atomic E-state index is 5.34. The highest BCUT2D eigenvalue weighted by molar-refractivity contribution is 7.98. The topological polar surface area (TPSA) is 91.8 Å². The van der Waals surface area contributed by atoms with Crippen molar-refractivity contribution in [3.05, 3.63) is 42.7 Å². The molecule has 0 unspecified atom stereocenters. The van der Waals surface area contributed by atoms with E-state index in [-0.39, 0.29) is 0 Å². The van der Waals surface area contributed by atoms with Gasteiger partial charge in [0.05, 0.1) is 24.4 Å². The van der Waals surface area contributed by atoms with E-state index in [9.17, 15) is 0 Å². The molecule has 0 N–H and O–H groups in total. The Morgan fingerprint density at radius 1 is 1.28 bits per heavy atom. The Hall–Kier alpha value is -2.94. The Kier molecular flexibility index (Phi) is 4.06. The van der Waals surface area contributed by atoms with Gasteiger partial charge in [0.15, 0.2) is 5.65 Å². The molecule has 0 atom stereocenters. The third-order valence-electron chi connectivity index (χ3n) is 3.62. The number of aryl methyl sites for hydroxylation is 1. The van der Waals surface area contributed by atoms with Crippen molar-refractivity contribution in [3.8, 4) is 17.1 Å². The minimum absolute atomic E-state index is 0.512. The minimum Gasteiger partial charge on any atom is -0.497 e. The number of benzene rings is 1. The minimum atomic E-state index is 0.512. The predicted molar refractivity (Wildman–Crippen MR) is 92.2 cm³/mol.